The molecule has 98 valence electrons. The summed E-state index contributed by atoms with van der Waals surface area (Å²) in [6, 6.07) is -1.25. The van der Waals surface area contributed by atoms with Crippen LogP contribution in [0.3, 0.4) is 0 Å². The third kappa shape index (κ3) is 4.89. The zero-order valence-electron chi connectivity index (χ0n) is 10.9. The van der Waals surface area contributed by atoms with Crippen LogP contribution in [0.1, 0.15) is 27.7 Å². The van der Waals surface area contributed by atoms with Crippen molar-refractivity contribution in [2.75, 3.05) is 6.54 Å². The first kappa shape index (κ1) is 15.5. The van der Waals surface area contributed by atoms with Gasteiger partial charge in [-0.1, -0.05) is 19.9 Å². The molecule has 0 heterocycles. The largest absolute Gasteiger partial charge is 0.480 e. The van der Waals surface area contributed by atoms with Crippen molar-refractivity contribution in [1.29, 1.82) is 0 Å². The molecule has 0 saturated heterocycles. The maximum atomic E-state index is 11.9. The minimum Gasteiger partial charge on any atom is -0.480 e. The number of rotatable bonds is 6. The molecule has 0 aromatic heterocycles. The van der Waals surface area contributed by atoms with E-state index in [-0.39, 0.29) is 18.0 Å². The molecule has 0 aromatic carbocycles. The summed E-state index contributed by atoms with van der Waals surface area (Å²) in [5, 5.41) is 11.5. The van der Waals surface area contributed by atoms with Crippen molar-refractivity contribution in [3.05, 3.63) is 12.7 Å². The summed E-state index contributed by atoms with van der Waals surface area (Å²) in [5.41, 5.74) is 0. The summed E-state index contributed by atoms with van der Waals surface area (Å²) in [7, 11) is 0. The molecule has 0 rings (SSSR count). The summed E-state index contributed by atoms with van der Waals surface area (Å²) in [4.78, 5) is 24.4. The number of carbonyl (C=O) groups excluding carboxylic acids is 1. The second kappa shape index (κ2) is 6.93. The Morgan fingerprint density at radius 1 is 1.35 bits per heavy atom. The van der Waals surface area contributed by atoms with E-state index in [4.69, 9.17) is 5.11 Å². The zero-order chi connectivity index (χ0) is 13.6. The Balaban J connectivity index is 4.67. The molecule has 0 saturated carbocycles. The Morgan fingerprint density at radius 2 is 1.88 bits per heavy atom. The molecule has 0 aliphatic rings. The molecule has 0 fully saturated rings. The molecule has 2 amide bonds. The predicted octanol–water partition coefficient (Wildman–Crippen LogP) is 1.70. The van der Waals surface area contributed by atoms with Crippen molar-refractivity contribution in [2.45, 2.75) is 39.8 Å². The van der Waals surface area contributed by atoms with Gasteiger partial charge in [0, 0.05) is 12.6 Å². The average molecular weight is 242 g/mol. The highest BCUT2D eigenvalue weighted by atomic mass is 16.4. The number of hydrogen-bond acceptors (Lipinski definition) is 2. The molecule has 17 heavy (non-hydrogen) atoms. The number of carboxylic acid groups (broad SMARTS) is 1. The lowest BCUT2D eigenvalue weighted by Gasteiger charge is -2.28. The van der Waals surface area contributed by atoms with Gasteiger partial charge in [-0.15, -0.1) is 6.58 Å². The molecule has 0 aliphatic carbocycles. The number of aliphatic carboxylic acids is 1. The van der Waals surface area contributed by atoms with E-state index < -0.39 is 12.0 Å². The van der Waals surface area contributed by atoms with Crippen LogP contribution in [0.15, 0.2) is 12.7 Å². The number of nitrogens with zero attached hydrogens (tertiary/aromatic N) is 1. The third-order valence-electron chi connectivity index (χ3n) is 2.42. The van der Waals surface area contributed by atoms with Crippen LogP contribution in [0.2, 0.25) is 0 Å². The number of urea groups is 1. The summed E-state index contributed by atoms with van der Waals surface area (Å²) >= 11 is 0. The van der Waals surface area contributed by atoms with Crippen molar-refractivity contribution in [1.82, 2.24) is 10.2 Å². The molecule has 0 unspecified atom stereocenters. The first-order chi connectivity index (χ1) is 7.81. The lowest BCUT2D eigenvalue weighted by Crippen LogP contribution is -2.52. The van der Waals surface area contributed by atoms with Gasteiger partial charge in [-0.3, -0.25) is 0 Å². The van der Waals surface area contributed by atoms with Gasteiger partial charge in [-0.2, -0.15) is 0 Å². The topological polar surface area (TPSA) is 69.6 Å². The fourth-order valence-corrected chi connectivity index (χ4v) is 1.40. The molecule has 0 aromatic rings. The molecule has 0 spiro atoms. The van der Waals surface area contributed by atoms with Crippen molar-refractivity contribution in [3.63, 3.8) is 0 Å². The number of carbonyl (C=O) groups is 2. The van der Waals surface area contributed by atoms with Crippen LogP contribution in [0.4, 0.5) is 4.79 Å². The second-order valence-corrected chi connectivity index (χ2v) is 4.54. The summed E-state index contributed by atoms with van der Waals surface area (Å²) < 4.78 is 0. The Bertz CT molecular complexity index is 287. The molecule has 2 N–H and O–H groups in total. The van der Waals surface area contributed by atoms with Gasteiger partial charge < -0.3 is 15.3 Å². The van der Waals surface area contributed by atoms with Crippen LogP contribution < -0.4 is 5.32 Å². The predicted molar refractivity (Wildman–Crippen MR) is 66.8 cm³/mol. The van der Waals surface area contributed by atoms with Crippen LogP contribution in [0, 0.1) is 5.92 Å². The number of nitrogens with one attached hydrogen (secondary N) is 1. The van der Waals surface area contributed by atoms with Crippen LogP contribution in [-0.2, 0) is 4.79 Å². The number of hydrogen-bond donors (Lipinski definition) is 2. The average Bonchev–Trinajstić information content (AvgIpc) is 2.20. The minimum absolute atomic E-state index is 0.00499. The Hall–Kier alpha value is -1.52. The van der Waals surface area contributed by atoms with Gasteiger partial charge in [0.1, 0.15) is 6.04 Å². The highest BCUT2D eigenvalue weighted by molar-refractivity contribution is 5.83. The van der Waals surface area contributed by atoms with E-state index in [1.807, 2.05) is 13.8 Å². The Kier molecular flexibility index (Phi) is 6.31. The van der Waals surface area contributed by atoms with Gasteiger partial charge in [0.2, 0.25) is 0 Å². The van der Waals surface area contributed by atoms with Gasteiger partial charge in [0.25, 0.3) is 0 Å². The van der Waals surface area contributed by atoms with Gasteiger partial charge in [-0.05, 0) is 19.8 Å². The lowest BCUT2D eigenvalue weighted by molar-refractivity contribution is -0.140. The van der Waals surface area contributed by atoms with Crippen molar-refractivity contribution >= 4 is 12.0 Å². The third-order valence-corrected chi connectivity index (χ3v) is 2.42. The fraction of sp³-hybridized carbons (Fsp3) is 0.667. The van der Waals surface area contributed by atoms with E-state index in [1.54, 1.807) is 19.9 Å². The normalized spacial score (nSPS) is 12.4. The molecule has 1 atom stereocenters. The molecule has 0 aliphatic heterocycles. The van der Waals surface area contributed by atoms with Crippen molar-refractivity contribution < 1.29 is 14.7 Å². The maximum Gasteiger partial charge on any atom is 0.326 e. The summed E-state index contributed by atoms with van der Waals surface area (Å²) in [5.74, 6) is -1.18. The van der Waals surface area contributed by atoms with Crippen molar-refractivity contribution in [2.24, 2.45) is 5.92 Å². The van der Waals surface area contributed by atoms with Crippen LogP contribution in [0.5, 0.6) is 0 Å². The molecule has 5 nitrogen and oxygen atoms in total. The summed E-state index contributed by atoms with van der Waals surface area (Å²) in [6.45, 7) is 11.2. The van der Waals surface area contributed by atoms with E-state index in [1.165, 1.54) is 4.90 Å². The monoisotopic (exact) mass is 242 g/mol. The van der Waals surface area contributed by atoms with E-state index in [9.17, 15) is 9.59 Å². The molecule has 0 bridgehead atoms. The quantitative estimate of drug-likeness (QED) is 0.696. The highest BCUT2D eigenvalue weighted by Gasteiger charge is 2.26. The number of amides is 2. The van der Waals surface area contributed by atoms with E-state index in [0.29, 0.717) is 6.54 Å². The van der Waals surface area contributed by atoms with E-state index in [2.05, 4.69) is 11.9 Å². The molecular weight excluding hydrogens is 220 g/mol. The second-order valence-electron chi connectivity index (χ2n) is 4.54. The van der Waals surface area contributed by atoms with E-state index in [0.717, 1.165) is 0 Å². The highest BCUT2D eigenvalue weighted by Crippen LogP contribution is 2.05. The van der Waals surface area contributed by atoms with Gasteiger partial charge in [0.15, 0.2) is 0 Å². The first-order valence-corrected chi connectivity index (χ1v) is 5.72. The van der Waals surface area contributed by atoms with Crippen molar-refractivity contribution in [3.8, 4) is 0 Å². The van der Waals surface area contributed by atoms with Gasteiger partial charge >= 0.3 is 12.0 Å². The first-order valence-electron chi connectivity index (χ1n) is 5.72. The molecule has 0 radical (unpaired) electrons. The van der Waals surface area contributed by atoms with Gasteiger partial charge in [-0.25, -0.2) is 9.59 Å². The van der Waals surface area contributed by atoms with Gasteiger partial charge in [0.05, 0.1) is 0 Å². The summed E-state index contributed by atoms with van der Waals surface area (Å²) in [6.07, 6.45) is 1.62. The van der Waals surface area contributed by atoms with E-state index >= 15 is 0 Å². The standard InChI is InChI=1S/C12H22N2O3/c1-6-7-14(9(4)5)12(17)13-10(8(2)3)11(15)16/h6,8-10H,1,7H2,2-5H3,(H,13,17)(H,15,16)/t10-/m1/s1. The molecule has 5 heteroatoms. The Labute approximate surface area is 102 Å². The van der Waals surface area contributed by atoms with Crippen LogP contribution in [-0.4, -0.2) is 40.6 Å². The zero-order valence-corrected chi connectivity index (χ0v) is 10.9. The Morgan fingerprint density at radius 3 is 2.18 bits per heavy atom. The fourth-order valence-electron chi connectivity index (χ4n) is 1.40. The van der Waals surface area contributed by atoms with Crippen LogP contribution >= 0.6 is 0 Å². The lowest BCUT2D eigenvalue weighted by atomic mass is 10.1. The maximum absolute atomic E-state index is 11.9. The molecular formula is C12H22N2O3. The van der Waals surface area contributed by atoms with Crippen LogP contribution in [0.25, 0.3) is 0 Å². The SMILES string of the molecule is C=CCN(C(=O)N[C@@H](C(=O)O)C(C)C)C(C)C. The smallest absolute Gasteiger partial charge is 0.326 e. The number of carboxylic acids is 1. The minimum atomic E-state index is -1.02.